The number of thioether (sulfide) groups is 1. The van der Waals surface area contributed by atoms with Crippen LogP contribution < -0.4 is 5.32 Å². The smallest absolute Gasteiger partial charge is 0.247 e. The number of hydrogen-bond acceptors (Lipinski definition) is 8. The fourth-order valence-corrected chi connectivity index (χ4v) is 3.77. The summed E-state index contributed by atoms with van der Waals surface area (Å²) in [5, 5.41) is 20.5. The quantitative estimate of drug-likeness (QED) is 0.686. The van der Waals surface area contributed by atoms with Crippen LogP contribution in [0.1, 0.15) is 25.0 Å². The average Bonchev–Trinajstić information content (AvgIpc) is 3.18. The highest BCUT2D eigenvalue weighted by molar-refractivity contribution is 8.01. The van der Waals surface area contributed by atoms with E-state index in [-0.39, 0.29) is 5.25 Å². The molecule has 0 aliphatic rings. The van der Waals surface area contributed by atoms with E-state index in [9.17, 15) is 0 Å². The predicted molar refractivity (Wildman–Crippen MR) is 88.1 cm³/mol. The summed E-state index contributed by atoms with van der Waals surface area (Å²) in [4.78, 5) is 0. The number of nitrogens with one attached hydrogen (secondary N) is 1. The van der Waals surface area contributed by atoms with Crippen molar-refractivity contribution in [2.45, 2.75) is 23.4 Å². The molecular formula is C14H15N5OS2. The molecule has 0 amide bonds. The van der Waals surface area contributed by atoms with Crippen molar-refractivity contribution in [2.24, 2.45) is 0 Å². The standard InChI is InChI=1S/C14H15N5OS2/c1-3-15-13-18-19-14(22-13)21-9(2)11-16-17-12(20-11)10-7-5-4-6-8-10/h4-9H,3H2,1-2H3,(H,15,18)/t9-/m0/s1. The molecule has 3 aromatic rings. The van der Waals surface area contributed by atoms with Crippen molar-refractivity contribution >= 4 is 28.2 Å². The van der Waals surface area contributed by atoms with E-state index in [1.807, 2.05) is 44.2 Å². The summed E-state index contributed by atoms with van der Waals surface area (Å²) in [6.07, 6.45) is 0. The SMILES string of the molecule is CCNc1nnc(S[C@@H](C)c2nnc(-c3ccccc3)o2)s1. The molecule has 0 saturated carbocycles. The van der Waals surface area contributed by atoms with Gasteiger partial charge in [0.1, 0.15) is 0 Å². The lowest BCUT2D eigenvalue weighted by atomic mass is 10.2. The minimum absolute atomic E-state index is 0.0207. The Bertz CT molecular complexity index is 728. The monoisotopic (exact) mass is 333 g/mol. The Morgan fingerprint density at radius 1 is 1.18 bits per heavy atom. The molecule has 8 heteroatoms. The summed E-state index contributed by atoms with van der Waals surface area (Å²) < 4.78 is 6.63. The summed E-state index contributed by atoms with van der Waals surface area (Å²) in [6.45, 7) is 4.88. The normalized spacial score (nSPS) is 12.3. The lowest BCUT2D eigenvalue weighted by molar-refractivity contribution is 0.509. The summed E-state index contributed by atoms with van der Waals surface area (Å²) in [5.74, 6) is 1.12. The van der Waals surface area contributed by atoms with Gasteiger partial charge in [0.05, 0.1) is 5.25 Å². The van der Waals surface area contributed by atoms with Gasteiger partial charge in [-0.25, -0.2) is 0 Å². The largest absolute Gasteiger partial charge is 0.419 e. The fraction of sp³-hybridized carbons (Fsp3) is 0.286. The van der Waals surface area contributed by atoms with Gasteiger partial charge in [0.2, 0.25) is 16.9 Å². The van der Waals surface area contributed by atoms with E-state index < -0.39 is 0 Å². The van der Waals surface area contributed by atoms with Crippen LogP contribution in [0, 0.1) is 0 Å². The highest BCUT2D eigenvalue weighted by Crippen LogP contribution is 2.37. The van der Waals surface area contributed by atoms with Gasteiger partial charge >= 0.3 is 0 Å². The summed E-state index contributed by atoms with van der Waals surface area (Å²) in [5.41, 5.74) is 0.920. The molecule has 1 N–H and O–H groups in total. The van der Waals surface area contributed by atoms with Crippen molar-refractivity contribution in [1.82, 2.24) is 20.4 Å². The molecule has 114 valence electrons. The Morgan fingerprint density at radius 2 is 2.00 bits per heavy atom. The lowest BCUT2D eigenvalue weighted by Gasteiger charge is -2.02. The van der Waals surface area contributed by atoms with Crippen molar-refractivity contribution < 1.29 is 4.42 Å². The van der Waals surface area contributed by atoms with Gasteiger partial charge in [-0.1, -0.05) is 41.3 Å². The molecule has 22 heavy (non-hydrogen) atoms. The van der Waals surface area contributed by atoms with Crippen LogP contribution in [-0.2, 0) is 0 Å². The summed E-state index contributed by atoms with van der Waals surface area (Å²) in [6, 6.07) is 9.74. The Morgan fingerprint density at radius 3 is 2.77 bits per heavy atom. The molecule has 0 radical (unpaired) electrons. The molecule has 3 rings (SSSR count). The molecule has 6 nitrogen and oxygen atoms in total. The van der Waals surface area contributed by atoms with Gasteiger partial charge in [-0.15, -0.1) is 20.4 Å². The average molecular weight is 333 g/mol. The summed E-state index contributed by atoms with van der Waals surface area (Å²) >= 11 is 3.08. The van der Waals surface area contributed by atoms with Crippen LogP contribution in [0.3, 0.4) is 0 Å². The van der Waals surface area contributed by atoms with E-state index in [4.69, 9.17) is 4.42 Å². The third-order valence-electron chi connectivity index (χ3n) is 2.82. The van der Waals surface area contributed by atoms with Crippen molar-refractivity contribution in [3.63, 3.8) is 0 Å². The number of anilines is 1. The maximum absolute atomic E-state index is 5.76. The highest BCUT2D eigenvalue weighted by atomic mass is 32.2. The topological polar surface area (TPSA) is 76.7 Å². The number of aromatic nitrogens is 4. The molecule has 0 fully saturated rings. The van der Waals surface area contributed by atoms with Crippen molar-refractivity contribution in [3.05, 3.63) is 36.2 Å². The van der Waals surface area contributed by atoms with E-state index in [1.165, 1.54) is 11.3 Å². The zero-order valence-corrected chi connectivity index (χ0v) is 13.8. The second kappa shape index (κ2) is 6.89. The molecule has 0 saturated heterocycles. The molecule has 0 unspecified atom stereocenters. The fourth-order valence-electron chi connectivity index (χ4n) is 1.78. The number of benzene rings is 1. The molecular weight excluding hydrogens is 318 g/mol. The number of rotatable bonds is 6. The van der Waals surface area contributed by atoms with Gasteiger partial charge in [0.25, 0.3) is 0 Å². The molecule has 0 spiro atoms. The van der Waals surface area contributed by atoms with Crippen LogP contribution in [0.4, 0.5) is 5.13 Å². The highest BCUT2D eigenvalue weighted by Gasteiger charge is 2.18. The Hall–Kier alpha value is -1.93. The Kier molecular flexibility index (Phi) is 4.69. The first-order valence-electron chi connectivity index (χ1n) is 6.89. The van der Waals surface area contributed by atoms with Crippen molar-refractivity contribution in [3.8, 4) is 11.5 Å². The van der Waals surface area contributed by atoms with Gasteiger partial charge in [-0.3, -0.25) is 0 Å². The van der Waals surface area contributed by atoms with Crippen LogP contribution in [0.2, 0.25) is 0 Å². The Balaban J connectivity index is 1.70. The van der Waals surface area contributed by atoms with Crippen molar-refractivity contribution in [2.75, 3.05) is 11.9 Å². The Labute approximate surface area is 136 Å². The molecule has 0 aliphatic heterocycles. The minimum Gasteiger partial charge on any atom is -0.419 e. The molecule has 0 bridgehead atoms. The van der Waals surface area contributed by atoms with Crippen LogP contribution in [-0.4, -0.2) is 26.9 Å². The van der Waals surface area contributed by atoms with Crippen LogP contribution >= 0.6 is 23.1 Å². The third-order valence-corrected chi connectivity index (χ3v) is 4.87. The first-order chi connectivity index (χ1) is 10.8. The molecule has 2 heterocycles. The summed E-state index contributed by atoms with van der Waals surface area (Å²) in [7, 11) is 0. The van der Waals surface area contributed by atoms with Crippen molar-refractivity contribution in [1.29, 1.82) is 0 Å². The predicted octanol–water partition coefficient (Wildman–Crippen LogP) is 3.87. The maximum Gasteiger partial charge on any atom is 0.247 e. The van der Waals surface area contributed by atoms with E-state index in [0.717, 1.165) is 21.6 Å². The van der Waals surface area contributed by atoms with Gasteiger partial charge in [-0.05, 0) is 26.0 Å². The third kappa shape index (κ3) is 3.45. The molecule has 1 aromatic carbocycles. The van der Waals surface area contributed by atoms with Crippen LogP contribution in [0.5, 0.6) is 0 Å². The van der Waals surface area contributed by atoms with Crippen LogP contribution in [0.25, 0.3) is 11.5 Å². The minimum atomic E-state index is 0.0207. The zero-order valence-electron chi connectivity index (χ0n) is 12.2. The van der Waals surface area contributed by atoms with Crippen LogP contribution in [0.15, 0.2) is 39.1 Å². The first-order valence-corrected chi connectivity index (χ1v) is 8.58. The van der Waals surface area contributed by atoms with E-state index >= 15 is 0 Å². The number of hydrogen-bond donors (Lipinski definition) is 1. The second-order valence-corrected chi connectivity index (χ2v) is 7.04. The van der Waals surface area contributed by atoms with E-state index in [2.05, 4.69) is 25.7 Å². The van der Waals surface area contributed by atoms with E-state index in [0.29, 0.717) is 11.8 Å². The lowest BCUT2D eigenvalue weighted by Crippen LogP contribution is -1.94. The van der Waals surface area contributed by atoms with Gasteiger partial charge in [0.15, 0.2) is 4.34 Å². The zero-order chi connectivity index (χ0) is 15.4. The van der Waals surface area contributed by atoms with Gasteiger partial charge in [0, 0.05) is 12.1 Å². The number of nitrogens with zero attached hydrogens (tertiary/aromatic N) is 4. The second-order valence-electron chi connectivity index (χ2n) is 4.48. The van der Waals surface area contributed by atoms with Gasteiger partial charge in [-0.2, -0.15) is 0 Å². The molecule has 0 aliphatic carbocycles. The molecule has 1 atom stereocenters. The van der Waals surface area contributed by atoms with Gasteiger partial charge < -0.3 is 9.73 Å². The van der Waals surface area contributed by atoms with E-state index in [1.54, 1.807) is 11.8 Å². The first kappa shape index (κ1) is 15.0. The maximum atomic E-state index is 5.76. The molecule has 2 aromatic heterocycles.